The predicted molar refractivity (Wildman–Crippen MR) is 81.6 cm³/mol. The average Bonchev–Trinajstić information content (AvgIpc) is 3.11. The minimum atomic E-state index is 0.685. The molecule has 3 aromatic rings. The van der Waals surface area contributed by atoms with Gasteiger partial charge in [-0.3, -0.25) is 0 Å². The van der Waals surface area contributed by atoms with Gasteiger partial charge in [-0.05, 0) is 23.7 Å². The number of hydrogen-bond acceptors (Lipinski definition) is 7. The Balaban J connectivity index is 1.98. The maximum Gasteiger partial charge on any atom is 0.162 e. The van der Waals surface area contributed by atoms with Crippen LogP contribution in [0.4, 0.5) is 0 Å². The van der Waals surface area contributed by atoms with E-state index in [4.69, 9.17) is 9.47 Å². The van der Waals surface area contributed by atoms with Crippen LogP contribution in [0.15, 0.2) is 17.5 Å². The van der Waals surface area contributed by atoms with Crippen LogP contribution in [0.3, 0.4) is 0 Å². The summed E-state index contributed by atoms with van der Waals surface area (Å²) in [6.45, 7) is 0. The number of thiazole rings is 1. The Morgan fingerprint density at radius 3 is 2.60 bits per heavy atom. The smallest absolute Gasteiger partial charge is 0.162 e. The monoisotopic (exact) mass is 305 g/mol. The highest BCUT2D eigenvalue weighted by Crippen LogP contribution is 2.35. The summed E-state index contributed by atoms with van der Waals surface area (Å²) in [5.41, 5.74) is 1.73. The molecule has 2 aromatic heterocycles. The lowest BCUT2D eigenvalue weighted by Crippen LogP contribution is -1.89. The van der Waals surface area contributed by atoms with Crippen LogP contribution in [0.5, 0.6) is 11.5 Å². The molecule has 20 heavy (non-hydrogen) atoms. The zero-order valence-electron chi connectivity index (χ0n) is 10.9. The Morgan fingerprint density at radius 1 is 1.10 bits per heavy atom. The van der Waals surface area contributed by atoms with Gasteiger partial charge in [0.1, 0.15) is 5.01 Å². The second-order valence-electron chi connectivity index (χ2n) is 3.89. The van der Waals surface area contributed by atoms with Crippen molar-refractivity contribution in [2.75, 3.05) is 14.2 Å². The van der Waals surface area contributed by atoms with Crippen molar-refractivity contribution in [3.05, 3.63) is 28.2 Å². The van der Waals surface area contributed by atoms with Crippen LogP contribution in [0.1, 0.15) is 10.7 Å². The van der Waals surface area contributed by atoms with E-state index >= 15 is 0 Å². The van der Waals surface area contributed by atoms with Crippen molar-refractivity contribution in [1.29, 1.82) is 0 Å². The first kappa shape index (κ1) is 13.0. The van der Waals surface area contributed by atoms with Crippen molar-refractivity contribution < 1.29 is 9.47 Å². The van der Waals surface area contributed by atoms with E-state index in [1.54, 1.807) is 25.6 Å². The van der Waals surface area contributed by atoms with Gasteiger partial charge in [-0.2, -0.15) is 0 Å². The molecule has 0 radical (unpaired) electrons. The Bertz CT molecular complexity index is 709. The Hall–Kier alpha value is -1.99. The first-order chi connectivity index (χ1) is 9.80. The topological polar surface area (TPSA) is 57.1 Å². The highest BCUT2D eigenvalue weighted by molar-refractivity contribution is 7.19. The standard InChI is InChI=1S/C13H11N3O2S2/c1-17-10-5-9-12(6-11(10)18-2)20-13(14-9)4-3-8-7-19-16-15-8/h3-7H,1-2H3. The van der Waals surface area contributed by atoms with Gasteiger partial charge in [0.05, 0.1) is 30.1 Å². The number of hydrogen-bond donors (Lipinski definition) is 0. The summed E-state index contributed by atoms with van der Waals surface area (Å²) in [7, 11) is 3.24. The van der Waals surface area contributed by atoms with Crippen LogP contribution in [0.25, 0.3) is 22.4 Å². The summed E-state index contributed by atoms with van der Waals surface area (Å²) in [5, 5.41) is 6.75. The molecule has 0 unspecified atom stereocenters. The summed E-state index contributed by atoms with van der Waals surface area (Å²) >= 11 is 2.92. The van der Waals surface area contributed by atoms with Crippen LogP contribution in [-0.4, -0.2) is 28.8 Å². The van der Waals surface area contributed by atoms with Crippen molar-refractivity contribution in [3.8, 4) is 11.5 Å². The highest BCUT2D eigenvalue weighted by atomic mass is 32.1. The lowest BCUT2D eigenvalue weighted by atomic mass is 10.3. The molecule has 0 fully saturated rings. The minimum Gasteiger partial charge on any atom is -0.493 e. The van der Waals surface area contributed by atoms with Gasteiger partial charge < -0.3 is 9.47 Å². The molecular formula is C13H11N3O2S2. The molecule has 0 spiro atoms. The fraction of sp³-hybridized carbons (Fsp3) is 0.154. The number of benzene rings is 1. The largest absolute Gasteiger partial charge is 0.493 e. The summed E-state index contributed by atoms with van der Waals surface area (Å²) in [5.74, 6) is 1.40. The molecule has 1 aromatic carbocycles. The molecular weight excluding hydrogens is 294 g/mol. The van der Waals surface area contributed by atoms with Crippen LogP contribution < -0.4 is 9.47 Å². The molecule has 0 bridgehead atoms. The van der Waals surface area contributed by atoms with E-state index in [0.29, 0.717) is 11.5 Å². The molecule has 3 rings (SSSR count). The average molecular weight is 305 g/mol. The van der Waals surface area contributed by atoms with E-state index in [2.05, 4.69) is 14.6 Å². The molecule has 0 amide bonds. The number of nitrogens with zero attached hydrogens (tertiary/aromatic N) is 3. The quantitative estimate of drug-likeness (QED) is 0.740. The van der Waals surface area contributed by atoms with Crippen molar-refractivity contribution in [3.63, 3.8) is 0 Å². The van der Waals surface area contributed by atoms with Crippen LogP contribution >= 0.6 is 22.9 Å². The maximum absolute atomic E-state index is 5.29. The molecule has 0 N–H and O–H groups in total. The predicted octanol–water partition coefficient (Wildman–Crippen LogP) is 3.34. The van der Waals surface area contributed by atoms with Crippen molar-refractivity contribution in [1.82, 2.24) is 14.6 Å². The molecule has 7 heteroatoms. The summed E-state index contributed by atoms with van der Waals surface area (Å²) in [6.07, 6.45) is 3.83. The summed E-state index contributed by atoms with van der Waals surface area (Å²) < 4.78 is 15.4. The van der Waals surface area contributed by atoms with E-state index in [1.165, 1.54) is 11.5 Å². The molecule has 0 atom stereocenters. The fourth-order valence-electron chi connectivity index (χ4n) is 1.75. The highest BCUT2D eigenvalue weighted by Gasteiger charge is 2.09. The normalized spacial score (nSPS) is 11.3. The van der Waals surface area contributed by atoms with Gasteiger partial charge in [-0.15, -0.1) is 16.4 Å². The molecule has 0 aliphatic carbocycles. The van der Waals surface area contributed by atoms with Gasteiger partial charge in [-0.1, -0.05) is 4.49 Å². The van der Waals surface area contributed by atoms with Crippen LogP contribution in [-0.2, 0) is 0 Å². The third kappa shape index (κ3) is 2.50. The maximum atomic E-state index is 5.29. The fourth-order valence-corrected chi connectivity index (χ4v) is 3.05. The van der Waals surface area contributed by atoms with Crippen LogP contribution in [0, 0.1) is 0 Å². The van der Waals surface area contributed by atoms with E-state index in [1.807, 2.05) is 29.7 Å². The van der Waals surface area contributed by atoms with Gasteiger partial charge in [0.2, 0.25) is 0 Å². The van der Waals surface area contributed by atoms with E-state index in [-0.39, 0.29) is 0 Å². The summed E-state index contributed by atoms with van der Waals surface area (Å²) in [6, 6.07) is 3.82. The van der Waals surface area contributed by atoms with Crippen molar-refractivity contribution >= 4 is 45.2 Å². The Kier molecular flexibility index (Phi) is 3.62. The zero-order valence-corrected chi connectivity index (χ0v) is 12.5. The van der Waals surface area contributed by atoms with Gasteiger partial charge in [0, 0.05) is 17.5 Å². The number of ether oxygens (including phenoxy) is 2. The Morgan fingerprint density at radius 2 is 1.90 bits per heavy atom. The molecule has 0 aliphatic heterocycles. The van der Waals surface area contributed by atoms with Gasteiger partial charge in [0.25, 0.3) is 0 Å². The van der Waals surface area contributed by atoms with E-state index in [9.17, 15) is 0 Å². The van der Waals surface area contributed by atoms with Gasteiger partial charge >= 0.3 is 0 Å². The first-order valence-corrected chi connectivity index (χ1v) is 7.43. The molecule has 2 heterocycles. The molecule has 0 aliphatic rings. The number of rotatable bonds is 4. The van der Waals surface area contributed by atoms with E-state index < -0.39 is 0 Å². The zero-order chi connectivity index (χ0) is 13.9. The molecule has 102 valence electrons. The third-order valence-corrected chi connectivity index (χ3v) is 4.19. The summed E-state index contributed by atoms with van der Waals surface area (Å²) in [4.78, 5) is 4.55. The van der Waals surface area contributed by atoms with Crippen molar-refractivity contribution in [2.24, 2.45) is 0 Å². The second-order valence-corrected chi connectivity index (χ2v) is 5.56. The van der Waals surface area contributed by atoms with Gasteiger partial charge in [0.15, 0.2) is 11.5 Å². The minimum absolute atomic E-state index is 0.685. The lowest BCUT2D eigenvalue weighted by molar-refractivity contribution is 0.356. The lowest BCUT2D eigenvalue weighted by Gasteiger charge is -2.05. The Labute approximate surface area is 123 Å². The molecule has 5 nitrogen and oxygen atoms in total. The van der Waals surface area contributed by atoms with E-state index in [0.717, 1.165) is 20.9 Å². The first-order valence-electron chi connectivity index (χ1n) is 5.78. The molecule has 0 saturated carbocycles. The van der Waals surface area contributed by atoms with Crippen molar-refractivity contribution in [2.45, 2.75) is 0 Å². The van der Waals surface area contributed by atoms with Crippen LogP contribution in [0.2, 0.25) is 0 Å². The number of aromatic nitrogens is 3. The second kappa shape index (κ2) is 5.56. The molecule has 0 saturated heterocycles. The SMILES string of the molecule is COc1cc2nc(C=Cc3csnn3)sc2cc1OC. The number of fused-ring (bicyclic) bond motifs is 1. The van der Waals surface area contributed by atoms with Gasteiger partial charge in [-0.25, -0.2) is 4.98 Å². The third-order valence-electron chi connectivity index (χ3n) is 2.68. The number of methoxy groups -OCH3 is 2.